The van der Waals surface area contributed by atoms with Crippen LogP contribution in [-0.4, -0.2) is 85.3 Å². The SMILES string of the molecule is C=S1(=O)CCN(CC(=O)N2CCC(C(C)(C)[C@H](O)c3cc(Cl)cc4cn[nH]c34)CC2)CC1. The first-order chi connectivity index (χ1) is 15.1. The van der Waals surface area contributed by atoms with Crippen LogP contribution in [0.15, 0.2) is 18.3 Å². The Morgan fingerprint density at radius 2 is 1.97 bits per heavy atom. The number of halogens is 1. The van der Waals surface area contributed by atoms with Gasteiger partial charge in [-0.1, -0.05) is 25.4 Å². The molecule has 1 atom stereocenters. The number of benzene rings is 1. The Balaban J connectivity index is 1.37. The van der Waals surface area contributed by atoms with E-state index in [9.17, 15) is 14.1 Å². The molecule has 2 fully saturated rings. The smallest absolute Gasteiger partial charge is 0.236 e. The van der Waals surface area contributed by atoms with Crippen LogP contribution in [-0.2, 0) is 14.3 Å². The van der Waals surface area contributed by atoms with E-state index >= 15 is 0 Å². The van der Waals surface area contributed by atoms with E-state index < -0.39 is 15.6 Å². The Morgan fingerprint density at radius 1 is 1.31 bits per heavy atom. The number of hydrogen-bond acceptors (Lipinski definition) is 5. The zero-order chi connectivity index (χ0) is 23.1. The molecule has 4 rings (SSSR count). The van der Waals surface area contributed by atoms with Crippen LogP contribution in [0.1, 0.15) is 38.4 Å². The Kier molecular flexibility index (Phi) is 6.60. The second kappa shape index (κ2) is 8.97. The average Bonchev–Trinajstić information content (AvgIpc) is 3.22. The Morgan fingerprint density at radius 3 is 2.62 bits per heavy atom. The summed E-state index contributed by atoms with van der Waals surface area (Å²) in [5, 5.41) is 19.9. The van der Waals surface area contributed by atoms with Crippen molar-refractivity contribution in [2.24, 2.45) is 11.3 Å². The lowest BCUT2D eigenvalue weighted by Crippen LogP contribution is -2.49. The normalized spacial score (nSPS) is 21.7. The predicted molar refractivity (Wildman–Crippen MR) is 131 cm³/mol. The van der Waals surface area contributed by atoms with Crippen LogP contribution in [0.2, 0.25) is 5.02 Å². The molecule has 0 saturated carbocycles. The standard InChI is InChI=1S/C23H33ClN4O3S/c1-23(2,22(30)19-13-18(24)12-16-14-25-26-21(16)19)17-4-6-28(7-5-17)20(29)15-27-8-10-32(3,31)11-9-27/h12-14,17,22,30H,3-11,15H2,1-2H3,(H,25,26)/t22-/m1/s1. The van der Waals surface area contributed by atoms with Gasteiger partial charge in [0, 0.05) is 53.7 Å². The molecule has 2 saturated heterocycles. The van der Waals surface area contributed by atoms with E-state index in [1.54, 1.807) is 6.20 Å². The Labute approximate surface area is 195 Å². The maximum absolute atomic E-state index is 12.8. The number of nitrogens with zero attached hydrogens (tertiary/aromatic N) is 3. The molecule has 0 spiro atoms. The summed E-state index contributed by atoms with van der Waals surface area (Å²) in [5.74, 6) is 5.33. The van der Waals surface area contributed by atoms with Gasteiger partial charge in [0.1, 0.15) is 0 Å². The zero-order valence-electron chi connectivity index (χ0n) is 18.8. The van der Waals surface area contributed by atoms with Gasteiger partial charge in [-0.05, 0) is 51.7 Å². The van der Waals surface area contributed by atoms with E-state index in [-0.39, 0.29) is 17.2 Å². The number of aliphatic hydroxyl groups is 1. The highest BCUT2D eigenvalue weighted by molar-refractivity contribution is 8.00. The molecule has 2 aliphatic rings. The van der Waals surface area contributed by atoms with Crippen LogP contribution in [0, 0.1) is 11.3 Å². The van der Waals surface area contributed by atoms with Gasteiger partial charge in [0.05, 0.1) is 24.4 Å². The summed E-state index contributed by atoms with van der Waals surface area (Å²) in [4.78, 5) is 16.8. The van der Waals surface area contributed by atoms with Gasteiger partial charge in [-0.3, -0.25) is 19.0 Å². The molecular formula is C23H33ClN4O3S. The zero-order valence-corrected chi connectivity index (χ0v) is 20.4. The van der Waals surface area contributed by atoms with Gasteiger partial charge in [0.25, 0.3) is 0 Å². The van der Waals surface area contributed by atoms with E-state index in [0.29, 0.717) is 49.3 Å². The number of fused-ring (bicyclic) bond motifs is 1. The Hall–Kier alpha value is -1.61. The summed E-state index contributed by atoms with van der Waals surface area (Å²) >= 11 is 6.29. The van der Waals surface area contributed by atoms with Crippen molar-refractivity contribution < 1.29 is 14.1 Å². The Bertz CT molecular complexity index is 1080. The van der Waals surface area contributed by atoms with Crippen LogP contribution in [0.5, 0.6) is 0 Å². The molecule has 0 bridgehead atoms. The van der Waals surface area contributed by atoms with Crippen LogP contribution >= 0.6 is 11.6 Å². The van der Waals surface area contributed by atoms with Crippen LogP contribution < -0.4 is 0 Å². The molecule has 1 amide bonds. The molecule has 1 aromatic heterocycles. The average molecular weight is 481 g/mol. The highest BCUT2D eigenvalue weighted by Gasteiger charge is 2.40. The lowest BCUT2D eigenvalue weighted by Gasteiger charge is -2.43. The molecule has 9 heteroatoms. The summed E-state index contributed by atoms with van der Waals surface area (Å²) in [7, 11) is -1.95. The molecule has 7 nitrogen and oxygen atoms in total. The second-order valence-electron chi connectivity index (χ2n) is 9.86. The van der Waals surface area contributed by atoms with Crippen molar-refractivity contribution in [3.63, 3.8) is 0 Å². The number of carbonyl (C=O) groups excluding carboxylic acids is 1. The first-order valence-corrected chi connectivity index (χ1v) is 13.6. The van der Waals surface area contributed by atoms with Crippen molar-refractivity contribution in [3.05, 3.63) is 28.9 Å². The molecule has 2 N–H and O–H groups in total. The first kappa shape index (κ1) is 23.5. The molecule has 3 heterocycles. The summed E-state index contributed by atoms with van der Waals surface area (Å²) in [6.45, 7) is 7.28. The van der Waals surface area contributed by atoms with Gasteiger partial charge in [-0.2, -0.15) is 5.10 Å². The van der Waals surface area contributed by atoms with Crippen molar-refractivity contribution in [1.29, 1.82) is 0 Å². The fraction of sp³-hybridized carbons (Fsp3) is 0.609. The minimum atomic E-state index is -1.95. The fourth-order valence-electron chi connectivity index (χ4n) is 5.01. The second-order valence-corrected chi connectivity index (χ2v) is 13.0. The number of H-pyrrole nitrogens is 1. The minimum absolute atomic E-state index is 0.133. The number of aromatic nitrogens is 2. The van der Waals surface area contributed by atoms with Crippen LogP contribution in [0.4, 0.5) is 0 Å². The number of carbonyl (C=O) groups is 1. The molecule has 2 aromatic rings. The summed E-state index contributed by atoms with van der Waals surface area (Å²) in [5.41, 5.74) is 1.19. The summed E-state index contributed by atoms with van der Waals surface area (Å²) in [6.07, 6.45) is 2.69. The minimum Gasteiger partial charge on any atom is -0.388 e. The molecule has 0 radical (unpaired) electrons. The fourth-order valence-corrected chi connectivity index (χ4v) is 6.63. The molecule has 1 aromatic carbocycles. The number of aromatic amines is 1. The van der Waals surface area contributed by atoms with E-state index in [0.717, 1.165) is 29.3 Å². The summed E-state index contributed by atoms with van der Waals surface area (Å²) < 4.78 is 12.0. The van der Waals surface area contributed by atoms with E-state index in [2.05, 4.69) is 34.8 Å². The maximum atomic E-state index is 12.8. The number of piperidine rings is 1. The molecule has 2 aliphatic heterocycles. The molecule has 176 valence electrons. The topological polar surface area (TPSA) is 89.5 Å². The van der Waals surface area contributed by atoms with Gasteiger partial charge in [0.15, 0.2) is 0 Å². The summed E-state index contributed by atoms with van der Waals surface area (Å²) in [6, 6.07) is 3.65. The van der Waals surface area contributed by atoms with Crippen molar-refractivity contribution in [2.75, 3.05) is 44.2 Å². The van der Waals surface area contributed by atoms with Crippen molar-refractivity contribution in [3.8, 4) is 0 Å². The third-order valence-corrected chi connectivity index (χ3v) is 9.43. The van der Waals surface area contributed by atoms with Gasteiger partial charge >= 0.3 is 0 Å². The van der Waals surface area contributed by atoms with Gasteiger partial charge < -0.3 is 10.0 Å². The third-order valence-electron chi connectivity index (χ3n) is 7.36. The monoisotopic (exact) mass is 480 g/mol. The third kappa shape index (κ3) is 4.83. The highest BCUT2D eigenvalue weighted by Crippen LogP contribution is 2.46. The number of rotatable bonds is 5. The van der Waals surface area contributed by atoms with Crippen LogP contribution in [0.25, 0.3) is 10.9 Å². The number of nitrogens with one attached hydrogen (secondary N) is 1. The predicted octanol–water partition coefficient (Wildman–Crippen LogP) is 2.55. The van der Waals surface area contributed by atoms with E-state index in [1.807, 2.05) is 17.0 Å². The number of amides is 1. The molecule has 0 unspecified atom stereocenters. The lowest BCUT2D eigenvalue weighted by molar-refractivity contribution is -0.135. The molecular weight excluding hydrogens is 448 g/mol. The van der Waals surface area contributed by atoms with Crippen molar-refractivity contribution in [1.82, 2.24) is 20.0 Å². The van der Waals surface area contributed by atoms with Crippen molar-refractivity contribution in [2.45, 2.75) is 32.8 Å². The van der Waals surface area contributed by atoms with Gasteiger partial charge in [0.2, 0.25) is 5.91 Å². The van der Waals surface area contributed by atoms with E-state index in [4.69, 9.17) is 11.6 Å². The van der Waals surface area contributed by atoms with Crippen LogP contribution in [0.3, 0.4) is 0 Å². The quantitative estimate of drug-likeness (QED) is 0.642. The number of likely N-dealkylation sites (tertiary alicyclic amines) is 1. The van der Waals surface area contributed by atoms with Gasteiger partial charge in [-0.25, -0.2) is 0 Å². The highest BCUT2D eigenvalue weighted by atomic mass is 35.5. The lowest BCUT2D eigenvalue weighted by atomic mass is 9.68. The first-order valence-electron chi connectivity index (χ1n) is 11.2. The van der Waals surface area contributed by atoms with Gasteiger partial charge in [-0.15, -0.1) is 0 Å². The number of aliphatic hydroxyl groups excluding tert-OH is 1. The number of hydrogen-bond donors (Lipinski definition) is 2. The molecule has 32 heavy (non-hydrogen) atoms. The van der Waals surface area contributed by atoms with E-state index in [1.165, 1.54) is 0 Å². The molecule has 0 aliphatic carbocycles. The largest absolute Gasteiger partial charge is 0.388 e. The van der Waals surface area contributed by atoms with Crippen molar-refractivity contribution >= 4 is 43.8 Å². The maximum Gasteiger partial charge on any atom is 0.236 e.